The van der Waals surface area contributed by atoms with Crippen molar-refractivity contribution in [3.8, 4) is 11.5 Å². The van der Waals surface area contributed by atoms with Gasteiger partial charge in [-0.2, -0.15) is 0 Å². The second-order valence-electron chi connectivity index (χ2n) is 9.66. The summed E-state index contributed by atoms with van der Waals surface area (Å²) in [5.41, 5.74) is 0.809. The Morgan fingerprint density at radius 2 is 1.80 bits per heavy atom. The Morgan fingerprint density at radius 1 is 1.06 bits per heavy atom. The lowest BCUT2D eigenvalue weighted by Crippen LogP contribution is -2.39. The Morgan fingerprint density at radius 3 is 2.46 bits per heavy atom. The van der Waals surface area contributed by atoms with Gasteiger partial charge in [0, 0.05) is 13.0 Å². The molecule has 9 nitrogen and oxygen atoms in total. The van der Waals surface area contributed by atoms with Crippen LogP contribution in [0.25, 0.3) is 0 Å². The number of rotatable bonds is 15. The Kier molecular flexibility index (Phi) is 13.5. The number of unbranched alkanes of at least 4 members (excludes halogenated alkanes) is 2. The number of carbonyl (C=O) groups is 3. The van der Waals surface area contributed by atoms with Crippen molar-refractivity contribution in [3.05, 3.63) is 35.9 Å². The molecule has 196 valence electrons. The van der Waals surface area contributed by atoms with E-state index in [-0.39, 0.29) is 24.8 Å². The minimum absolute atomic E-state index is 0.00941. The van der Waals surface area contributed by atoms with E-state index in [4.69, 9.17) is 14.2 Å². The third kappa shape index (κ3) is 14.7. The molecule has 0 spiro atoms. The molecule has 2 N–H and O–H groups in total. The summed E-state index contributed by atoms with van der Waals surface area (Å²) in [6, 6.07) is 5.01. The van der Waals surface area contributed by atoms with E-state index in [0.717, 1.165) is 24.8 Å². The summed E-state index contributed by atoms with van der Waals surface area (Å²) in [6.45, 7) is 5.25. The van der Waals surface area contributed by atoms with Gasteiger partial charge in [-0.3, -0.25) is 9.59 Å². The number of nitrogens with zero attached hydrogens (tertiary/aromatic N) is 1. The summed E-state index contributed by atoms with van der Waals surface area (Å²) in [7, 11) is 7.43. The number of hydrogen-bond donors (Lipinski definition) is 2. The van der Waals surface area contributed by atoms with E-state index in [1.54, 1.807) is 18.2 Å². The van der Waals surface area contributed by atoms with E-state index < -0.39 is 12.1 Å². The maximum absolute atomic E-state index is 12.1. The highest BCUT2D eigenvalue weighted by atomic mass is 16.6. The normalized spacial score (nSPS) is 11.4. The molecule has 0 radical (unpaired) electrons. The van der Waals surface area contributed by atoms with Crippen LogP contribution in [0, 0.1) is 5.92 Å². The molecule has 1 rings (SSSR count). The summed E-state index contributed by atoms with van der Waals surface area (Å²) >= 11 is 0. The van der Waals surface area contributed by atoms with Crippen LogP contribution in [0.3, 0.4) is 0 Å². The number of allylic oxidation sites excluding steroid dienone is 2. The molecule has 0 fully saturated rings. The molecule has 2 amide bonds. The van der Waals surface area contributed by atoms with Gasteiger partial charge in [0.2, 0.25) is 5.91 Å². The number of esters is 1. The van der Waals surface area contributed by atoms with E-state index in [9.17, 15) is 14.4 Å². The highest BCUT2D eigenvalue weighted by Crippen LogP contribution is 2.28. The van der Waals surface area contributed by atoms with Crippen LogP contribution in [0.2, 0.25) is 0 Å². The number of ether oxygens (including phenoxy) is 3. The van der Waals surface area contributed by atoms with Gasteiger partial charge in [-0.25, -0.2) is 4.79 Å². The molecular formula is C26H42N3O6+. The number of benzene rings is 1. The van der Waals surface area contributed by atoms with Crippen molar-refractivity contribution in [2.75, 3.05) is 47.9 Å². The van der Waals surface area contributed by atoms with Gasteiger partial charge in [0.1, 0.15) is 19.7 Å². The van der Waals surface area contributed by atoms with Crippen LogP contribution >= 0.6 is 0 Å². The minimum Gasteiger partial charge on any atom is -0.493 e. The molecule has 0 aromatic heterocycles. The molecule has 0 aliphatic rings. The van der Waals surface area contributed by atoms with Gasteiger partial charge < -0.3 is 29.3 Å². The van der Waals surface area contributed by atoms with E-state index in [1.165, 1.54) is 7.11 Å². The van der Waals surface area contributed by atoms with Crippen LogP contribution in [0.15, 0.2) is 30.4 Å². The average Bonchev–Trinajstić information content (AvgIpc) is 2.78. The van der Waals surface area contributed by atoms with Gasteiger partial charge in [-0.15, -0.1) is 0 Å². The van der Waals surface area contributed by atoms with Gasteiger partial charge in [0.25, 0.3) is 0 Å². The number of likely N-dealkylation sites (N-methyl/N-ethyl adjacent to an activating group) is 1. The molecule has 0 heterocycles. The summed E-state index contributed by atoms with van der Waals surface area (Å²) in [5, 5.41) is 5.26. The predicted octanol–water partition coefficient (Wildman–Crippen LogP) is 3.42. The first-order valence-corrected chi connectivity index (χ1v) is 12.0. The average molecular weight is 493 g/mol. The Bertz CT molecular complexity index is 846. The minimum atomic E-state index is -0.795. The summed E-state index contributed by atoms with van der Waals surface area (Å²) in [6.07, 6.45) is 6.82. The molecular weight excluding hydrogens is 450 g/mol. The number of methoxy groups -OCH3 is 1. The Hall–Kier alpha value is -3.07. The fraction of sp³-hybridized carbons (Fsp3) is 0.577. The van der Waals surface area contributed by atoms with Crippen LogP contribution in [-0.4, -0.2) is 70.4 Å². The molecule has 0 atom stereocenters. The molecule has 0 aliphatic heterocycles. The standard InChI is InChI=1S/C26H41N3O6/c1-20(2)11-9-7-8-10-12-24(30)27-18-21-13-14-22(23(17-21)33-6)35-26(32)28-19-25(31)34-16-15-29(3,4)5/h9,11,13-14,17,20H,7-8,10,12,15-16,18-19H2,1-6H3,(H-,27,28,30,32)/p+1/b11-9+. The number of quaternary nitrogens is 1. The van der Waals surface area contributed by atoms with E-state index >= 15 is 0 Å². The zero-order valence-electron chi connectivity index (χ0n) is 22.0. The maximum atomic E-state index is 12.1. The van der Waals surface area contributed by atoms with Crippen LogP contribution in [0.4, 0.5) is 4.79 Å². The first kappa shape index (κ1) is 30.0. The largest absolute Gasteiger partial charge is 0.493 e. The molecule has 35 heavy (non-hydrogen) atoms. The quantitative estimate of drug-likeness (QED) is 0.168. The third-order valence-electron chi connectivity index (χ3n) is 4.87. The SMILES string of the molecule is COc1cc(CNC(=O)CCCC/C=C/C(C)C)ccc1OC(=O)NCC(=O)OCC[N+](C)(C)C. The van der Waals surface area contributed by atoms with Gasteiger partial charge in [0.15, 0.2) is 11.5 Å². The third-order valence-corrected chi connectivity index (χ3v) is 4.87. The van der Waals surface area contributed by atoms with Crippen molar-refractivity contribution in [2.24, 2.45) is 5.92 Å². The maximum Gasteiger partial charge on any atom is 0.413 e. The van der Waals surface area contributed by atoms with E-state index in [0.29, 0.717) is 35.7 Å². The summed E-state index contributed by atoms with van der Waals surface area (Å²) < 4.78 is 16.3. The van der Waals surface area contributed by atoms with E-state index in [2.05, 4.69) is 36.6 Å². The van der Waals surface area contributed by atoms with Crippen molar-refractivity contribution >= 4 is 18.0 Å². The second kappa shape index (κ2) is 15.8. The number of hydrogen-bond acceptors (Lipinski definition) is 6. The first-order chi connectivity index (χ1) is 16.5. The van der Waals surface area contributed by atoms with Crippen molar-refractivity contribution < 1.29 is 33.1 Å². The molecule has 0 bridgehead atoms. The Balaban J connectivity index is 2.41. The fourth-order valence-corrected chi connectivity index (χ4v) is 2.88. The van der Waals surface area contributed by atoms with Gasteiger partial charge in [-0.05, 0) is 42.9 Å². The predicted molar refractivity (Wildman–Crippen MR) is 135 cm³/mol. The van der Waals surface area contributed by atoms with E-state index in [1.807, 2.05) is 21.1 Å². The van der Waals surface area contributed by atoms with Gasteiger partial charge in [-0.1, -0.05) is 32.1 Å². The van der Waals surface area contributed by atoms with Crippen molar-refractivity contribution in [1.82, 2.24) is 10.6 Å². The van der Waals surface area contributed by atoms with Crippen LogP contribution in [0.1, 0.15) is 45.1 Å². The molecule has 1 aromatic rings. The highest BCUT2D eigenvalue weighted by molar-refractivity contribution is 5.79. The summed E-state index contributed by atoms with van der Waals surface area (Å²) in [4.78, 5) is 35.9. The number of amides is 2. The molecule has 0 unspecified atom stereocenters. The van der Waals surface area contributed by atoms with Crippen molar-refractivity contribution in [1.29, 1.82) is 0 Å². The lowest BCUT2D eigenvalue weighted by Gasteiger charge is -2.23. The van der Waals surface area contributed by atoms with Crippen molar-refractivity contribution in [2.45, 2.75) is 46.1 Å². The topological polar surface area (TPSA) is 103 Å². The molecule has 0 aliphatic carbocycles. The first-order valence-electron chi connectivity index (χ1n) is 12.0. The monoisotopic (exact) mass is 492 g/mol. The Labute approximate surface area is 209 Å². The zero-order valence-corrected chi connectivity index (χ0v) is 22.0. The lowest BCUT2D eigenvalue weighted by atomic mass is 10.1. The second-order valence-corrected chi connectivity index (χ2v) is 9.66. The number of carbonyl (C=O) groups excluding carboxylic acids is 3. The van der Waals surface area contributed by atoms with Gasteiger partial charge >= 0.3 is 12.1 Å². The number of nitrogens with one attached hydrogen (secondary N) is 2. The fourth-order valence-electron chi connectivity index (χ4n) is 2.88. The molecule has 0 saturated heterocycles. The zero-order chi connectivity index (χ0) is 26.3. The van der Waals surface area contributed by atoms with Crippen LogP contribution in [-0.2, 0) is 20.9 Å². The molecule has 1 aromatic carbocycles. The molecule has 9 heteroatoms. The summed E-state index contributed by atoms with van der Waals surface area (Å²) in [5.74, 6) is 0.542. The van der Waals surface area contributed by atoms with Gasteiger partial charge in [0.05, 0.1) is 28.3 Å². The van der Waals surface area contributed by atoms with Crippen LogP contribution < -0.4 is 20.1 Å². The highest BCUT2D eigenvalue weighted by Gasteiger charge is 2.14. The smallest absolute Gasteiger partial charge is 0.413 e. The van der Waals surface area contributed by atoms with Crippen molar-refractivity contribution in [3.63, 3.8) is 0 Å². The lowest BCUT2D eigenvalue weighted by molar-refractivity contribution is -0.870. The van der Waals surface area contributed by atoms with Crippen LogP contribution in [0.5, 0.6) is 11.5 Å². The molecule has 0 saturated carbocycles.